The molecule has 3 nitrogen and oxygen atoms in total. The Hall–Kier alpha value is -0.795. The first kappa shape index (κ1) is 26.2. The summed E-state index contributed by atoms with van der Waals surface area (Å²) < 4.78 is 5.77. The van der Waals surface area contributed by atoms with Crippen LogP contribution < -0.4 is 0 Å². The molecule has 1 aliphatic rings. The molecular formula is C25H45BO3. The third kappa shape index (κ3) is 7.44. The lowest BCUT2D eigenvalue weighted by Crippen LogP contribution is -2.42. The highest BCUT2D eigenvalue weighted by atomic mass is 16.6. The molecule has 0 saturated heterocycles. The zero-order chi connectivity index (χ0) is 22.8. The molecule has 4 heteroatoms. The van der Waals surface area contributed by atoms with Crippen LogP contribution >= 0.6 is 0 Å². The third-order valence-electron chi connectivity index (χ3n) is 6.48. The predicted octanol–water partition coefficient (Wildman–Crippen LogP) is 6.54. The van der Waals surface area contributed by atoms with Crippen molar-refractivity contribution in [1.82, 2.24) is 0 Å². The molecule has 0 aromatic rings. The first-order valence-electron chi connectivity index (χ1n) is 11.5. The smallest absolute Gasteiger partial charge is 0.308 e. The van der Waals surface area contributed by atoms with Gasteiger partial charge in [0.15, 0.2) is 0 Å². The van der Waals surface area contributed by atoms with E-state index < -0.39 is 10.9 Å². The van der Waals surface area contributed by atoms with Gasteiger partial charge >= 0.3 is 5.97 Å². The van der Waals surface area contributed by atoms with E-state index in [0.29, 0.717) is 24.0 Å². The summed E-state index contributed by atoms with van der Waals surface area (Å²) in [5.41, 5.74) is -1.31. The summed E-state index contributed by atoms with van der Waals surface area (Å²) >= 11 is 0. The topological polar surface area (TPSA) is 43.4 Å². The van der Waals surface area contributed by atoms with Gasteiger partial charge in [-0.25, -0.2) is 0 Å². The Balaban J connectivity index is 3.00. The van der Waals surface area contributed by atoms with Gasteiger partial charge in [0.2, 0.25) is 0 Å². The average molecular weight is 404 g/mol. The number of Topliss-reactive ketones (excluding diaryl/α,β-unsaturated/α-hetero) is 1. The van der Waals surface area contributed by atoms with Gasteiger partial charge in [0.25, 0.3) is 0 Å². The first-order chi connectivity index (χ1) is 12.9. The second-order valence-corrected chi connectivity index (χ2v) is 12.3. The lowest BCUT2D eigenvalue weighted by molar-refractivity contribution is -0.162. The maximum absolute atomic E-state index is 13.0. The minimum Gasteiger partial charge on any atom is -0.459 e. The summed E-state index contributed by atoms with van der Waals surface area (Å²) in [4.78, 5) is 25.2. The fourth-order valence-corrected chi connectivity index (χ4v) is 5.56. The van der Waals surface area contributed by atoms with E-state index in [0.717, 1.165) is 19.3 Å². The monoisotopic (exact) mass is 404 g/mol. The largest absolute Gasteiger partial charge is 0.459 e. The van der Waals surface area contributed by atoms with Crippen molar-refractivity contribution in [2.75, 3.05) is 0 Å². The SMILES string of the molecule is [B]C(C)(CC(C)(C)OC(=O)C(C)C)C1CCCCC1CC(C)(C)C(=O)C(C)(C)C. The second kappa shape index (κ2) is 9.14. The maximum Gasteiger partial charge on any atom is 0.308 e. The zero-order valence-electron chi connectivity index (χ0n) is 20.8. The minimum absolute atomic E-state index is 0.148. The maximum atomic E-state index is 13.0. The molecule has 0 aromatic heterocycles. The molecule has 29 heavy (non-hydrogen) atoms. The molecule has 0 aromatic carbocycles. The Labute approximate surface area is 181 Å². The van der Waals surface area contributed by atoms with E-state index in [1.54, 1.807) is 0 Å². The fourth-order valence-electron chi connectivity index (χ4n) is 5.56. The molecule has 166 valence electrons. The van der Waals surface area contributed by atoms with Gasteiger partial charge in [-0.05, 0) is 38.5 Å². The van der Waals surface area contributed by atoms with Gasteiger partial charge < -0.3 is 4.74 Å². The number of hydrogen-bond donors (Lipinski definition) is 0. The van der Waals surface area contributed by atoms with Crippen molar-refractivity contribution in [3.05, 3.63) is 0 Å². The van der Waals surface area contributed by atoms with Crippen LogP contribution in [0.15, 0.2) is 0 Å². The van der Waals surface area contributed by atoms with Gasteiger partial charge in [0.1, 0.15) is 11.4 Å². The van der Waals surface area contributed by atoms with Crippen molar-refractivity contribution in [2.24, 2.45) is 28.6 Å². The van der Waals surface area contributed by atoms with E-state index in [-0.39, 0.29) is 22.7 Å². The quantitative estimate of drug-likeness (QED) is 0.341. The van der Waals surface area contributed by atoms with E-state index >= 15 is 0 Å². The normalized spacial score (nSPS) is 23.6. The van der Waals surface area contributed by atoms with Crippen molar-refractivity contribution in [3.63, 3.8) is 0 Å². The number of hydrogen-bond acceptors (Lipinski definition) is 3. The molecule has 3 unspecified atom stereocenters. The van der Waals surface area contributed by atoms with Gasteiger partial charge in [-0.15, -0.1) is 0 Å². The van der Waals surface area contributed by atoms with E-state index in [1.165, 1.54) is 12.8 Å². The number of ether oxygens (including phenoxy) is 1. The van der Waals surface area contributed by atoms with E-state index in [1.807, 2.05) is 48.5 Å². The van der Waals surface area contributed by atoms with E-state index in [2.05, 4.69) is 20.8 Å². The van der Waals surface area contributed by atoms with Crippen LogP contribution in [0.5, 0.6) is 0 Å². The molecule has 3 atom stereocenters. The summed E-state index contributed by atoms with van der Waals surface area (Å²) in [6.07, 6.45) is 6.05. The third-order valence-corrected chi connectivity index (χ3v) is 6.48. The van der Waals surface area contributed by atoms with Crippen LogP contribution in [0, 0.1) is 28.6 Å². The molecule has 2 radical (unpaired) electrons. The highest BCUT2D eigenvalue weighted by Gasteiger charge is 2.45. The number of rotatable bonds is 8. The van der Waals surface area contributed by atoms with Crippen molar-refractivity contribution >= 4 is 19.6 Å². The minimum atomic E-state index is -0.608. The highest BCUT2D eigenvalue weighted by molar-refractivity contribution is 6.15. The molecule has 1 fully saturated rings. The van der Waals surface area contributed by atoms with Crippen molar-refractivity contribution in [2.45, 2.75) is 119 Å². The summed E-state index contributed by atoms with van der Waals surface area (Å²) in [5.74, 6) is 0.726. The molecule has 0 N–H and O–H groups in total. The van der Waals surface area contributed by atoms with Gasteiger partial charge in [-0.2, -0.15) is 0 Å². The van der Waals surface area contributed by atoms with Crippen LogP contribution in [0.1, 0.15) is 108 Å². The number of ketones is 1. The Bertz CT molecular complexity index is 581. The second-order valence-electron chi connectivity index (χ2n) is 12.3. The first-order valence-corrected chi connectivity index (χ1v) is 11.5. The standard InChI is InChI=1S/C25H45BO3/c1-17(2)20(27)29-24(8,9)16-25(10,26)19-14-12-11-13-18(19)15-23(6,7)21(28)22(3,4)5/h17-19H,11-16H2,1-10H3. The van der Waals surface area contributed by atoms with Gasteiger partial charge in [0.05, 0.1) is 13.8 Å². The molecule has 0 aliphatic heterocycles. The van der Waals surface area contributed by atoms with Crippen LogP contribution in [0.4, 0.5) is 0 Å². The molecule has 0 spiro atoms. The molecule has 1 aliphatic carbocycles. The number of carbonyl (C=O) groups excluding carboxylic acids is 2. The number of carbonyl (C=O) groups is 2. The molecule has 0 bridgehead atoms. The van der Waals surface area contributed by atoms with Crippen LogP contribution in [0.2, 0.25) is 5.31 Å². The van der Waals surface area contributed by atoms with Crippen LogP contribution in [0.25, 0.3) is 0 Å². The molecule has 1 saturated carbocycles. The summed E-state index contributed by atoms with van der Waals surface area (Å²) in [5, 5.41) is -0.452. The van der Waals surface area contributed by atoms with Crippen LogP contribution in [-0.2, 0) is 14.3 Å². The van der Waals surface area contributed by atoms with Gasteiger partial charge in [-0.1, -0.05) is 86.4 Å². The fraction of sp³-hybridized carbons (Fsp3) is 0.920. The Morgan fingerprint density at radius 2 is 1.48 bits per heavy atom. The predicted molar refractivity (Wildman–Crippen MR) is 122 cm³/mol. The van der Waals surface area contributed by atoms with Gasteiger partial charge in [-0.3, -0.25) is 9.59 Å². The summed E-state index contributed by atoms with van der Waals surface area (Å²) in [6.45, 7) is 19.9. The molecule has 1 rings (SSSR count). The molecular weight excluding hydrogens is 359 g/mol. The molecule has 0 amide bonds. The Kier molecular flexibility index (Phi) is 8.27. The molecule has 0 heterocycles. The van der Waals surface area contributed by atoms with E-state index in [4.69, 9.17) is 12.6 Å². The van der Waals surface area contributed by atoms with Crippen LogP contribution in [-0.4, -0.2) is 25.2 Å². The zero-order valence-corrected chi connectivity index (χ0v) is 20.8. The Morgan fingerprint density at radius 3 is 1.97 bits per heavy atom. The van der Waals surface area contributed by atoms with E-state index in [9.17, 15) is 9.59 Å². The average Bonchev–Trinajstić information content (AvgIpc) is 2.51. The van der Waals surface area contributed by atoms with Crippen molar-refractivity contribution in [3.8, 4) is 0 Å². The lowest BCUT2D eigenvalue weighted by atomic mass is 9.50. The number of esters is 1. The highest BCUT2D eigenvalue weighted by Crippen LogP contribution is 2.53. The summed E-state index contributed by atoms with van der Waals surface area (Å²) in [6, 6.07) is 0. The lowest BCUT2D eigenvalue weighted by Gasteiger charge is -2.48. The Morgan fingerprint density at radius 1 is 0.966 bits per heavy atom. The van der Waals surface area contributed by atoms with Crippen LogP contribution in [0.3, 0.4) is 0 Å². The summed E-state index contributed by atoms with van der Waals surface area (Å²) in [7, 11) is 6.92. The van der Waals surface area contributed by atoms with Gasteiger partial charge in [0, 0.05) is 10.8 Å². The van der Waals surface area contributed by atoms with Crippen molar-refractivity contribution in [1.29, 1.82) is 0 Å². The van der Waals surface area contributed by atoms with Crippen molar-refractivity contribution < 1.29 is 14.3 Å².